The van der Waals surface area contributed by atoms with Crippen molar-refractivity contribution in [1.82, 2.24) is 5.32 Å². The van der Waals surface area contributed by atoms with Crippen LogP contribution in [0.1, 0.15) is 5.56 Å². The van der Waals surface area contributed by atoms with E-state index in [1.165, 1.54) is 6.08 Å². The number of carboxylic acid groups (broad SMARTS) is 1. The topological polar surface area (TPSA) is 86.6 Å². The number of carbonyl (C=O) groups is 2. The predicted molar refractivity (Wildman–Crippen MR) is 72.1 cm³/mol. The van der Waals surface area contributed by atoms with Crippen molar-refractivity contribution < 1.29 is 19.8 Å². The number of hydrogen-bond acceptors (Lipinski definition) is 3. The molecule has 0 aliphatic heterocycles. The Morgan fingerprint density at radius 3 is 2.53 bits per heavy atom. The third-order valence-electron chi connectivity index (χ3n) is 2.17. The maximum atomic E-state index is 11.4. The van der Waals surface area contributed by atoms with Gasteiger partial charge in [-0.25, -0.2) is 4.79 Å². The van der Waals surface area contributed by atoms with E-state index in [9.17, 15) is 9.59 Å². The molecule has 1 aromatic rings. The minimum Gasteiger partial charge on any atom is -0.480 e. The lowest BCUT2D eigenvalue weighted by atomic mass is 10.2. The van der Waals surface area contributed by atoms with Crippen molar-refractivity contribution in [3.8, 4) is 0 Å². The number of aliphatic hydroxyl groups is 1. The molecule has 5 nitrogen and oxygen atoms in total. The van der Waals surface area contributed by atoms with Crippen molar-refractivity contribution >= 4 is 41.2 Å². The van der Waals surface area contributed by atoms with Gasteiger partial charge in [0.1, 0.15) is 0 Å². The van der Waals surface area contributed by atoms with Gasteiger partial charge in [0.2, 0.25) is 5.91 Å². The fourth-order valence-corrected chi connectivity index (χ4v) is 1.50. The zero-order chi connectivity index (χ0) is 14.4. The highest BCUT2D eigenvalue weighted by molar-refractivity contribution is 6.42. The first-order chi connectivity index (χ1) is 8.93. The molecular weight excluding hydrogens is 293 g/mol. The molecule has 1 aromatic carbocycles. The second-order valence-electron chi connectivity index (χ2n) is 3.59. The van der Waals surface area contributed by atoms with Crippen molar-refractivity contribution in [3.05, 3.63) is 39.9 Å². The summed E-state index contributed by atoms with van der Waals surface area (Å²) in [5, 5.41) is 20.3. The number of carboxylic acids is 1. The third-order valence-corrected chi connectivity index (χ3v) is 2.91. The zero-order valence-corrected chi connectivity index (χ0v) is 11.1. The standard InChI is InChI=1S/C12H11Cl2NO4/c13-8-3-1-7(5-9(8)14)2-4-11(17)15-10(6-16)12(18)19/h1-5,10,16H,6H2,(H,15,17)(H,18,19)/b4-2+. The number of aliphatic hydroxyl groups excluding tert-OH is 1. The zero-order valence-electron chi connectivity index (χ0n) is 9.64. The lowest BCUT2D eigenvalue weighted by molar-refractivity contribution is -0.142. The number of rotatable bonds is 5. The average Bonchev–Trinajstić information content (AvgIpc) is 2.37. The van der Waals surface area contributed by atoms with Crippen molar-refractivity contribution in [2.75, 3.05) is 6.61 Å². The fraction of sp³-hybridized carbons (Fsp3) is 0.167. The molecule has 19 heavy (non-hydrogen) atoms. The van der Waals surface area contributed by atoms with E-state index in [1.54, 1.807) is 18.2 Å². The van der Waals surface area contributed by atoms with Gasteiger partial charge in [-0.05, 0) is 23.8 Å². The van der Waals surface area contributed by atoms with Crippen molar-refractivity contribution in [2.24, 2.45) is 0 Å². The van der Waals surface area contributed by atoms with Gasteiger partial charge in [-0.2, -0.15) is 0 Å². The molecule has 0 aromatic heterocycles. The molecule has 102 valence electrons. The Balaban J connectivity index is 2.68. The first-order valence-corrected chi connectivity index (χ1v) is 5.97. The molecule has 0 saturated heterocycles. The van der Waals surface area contributed by atoms with E-state index in [1.807, 2.05) is 0 Å². The summed E-state index contributed by atoms with van der Waals surface area (Å²) in [6, 6.07) is 3.47. The Labute approximate surface area is 119 Å². The van der Waals surface area contributed by atoms with Gasteiger partial charge in [0.25, 0.3) is 0 Å². The molecule has 0 bridgehead atoms. The first-order valence-electron chi connectivity index (χ1n) is 5.21. The Hall–Kier alpha value is -1.56. The molecule has 0 heterocycles. The molecule has 0 aliphatic rings. The summed E-state index contributed by atoms with van der Waals surface area (Å²) in [5.74, 6) is -1.94. The average molecular weight is 304 g/mol. The second kappa shape index (κ2) is 7.13. The van der Waals surface area contributed by atoms with Gasteiger partial charge in [0.05, 0.1) is 16.7 Å². The molecule has 1 unspecified atom stereocenters. The normalized spacial score (nSPS) is 12.4. The Morgan fingerprint density at radius 1 is 1.32 bits per heavy atom. The molecule has 1 atom stereocenters. The number of aliphatic carboxylic acids is 1. The maximum absolute atomic E-state index is 11.4. The van der Waals surface area contributed by atoms with Crippen LogP contribution in [0.25, 0.3) is 6.08 Å². The van der Waals surface area contributed by atoms with Crippen molar-refractivity contribution in [3.63, 3.8) is 0 Å². The maximum Gasteiger partial charge on any atom is 0.328 e. The molecule has 0 saturated carbocycles. The number of carbonyl (C=O) groups excluding carboxylic acids is 1. The summed E-state index contributed by atoms with van der Waals surface area (Å²) in [7, 11) is 0. The van der Waals surface area contributed by atoms with Gasteiger partial charge in [-0.15, -0.1) is 0 Å². The van der Waals surface area contributed by atoms with Crippen LogP contribution in [-0.4, -0.2) is 34.7 Å². The number of amides is 1. The Morgan fingerprint density at radius 2 is 2.00 bits per heavy atom. The largest absolute Gasteiger partial charge is 0.480 e. The molecule has 0 spiro atoms. The molecule has 0 radical (unpaired) electrons. The van der Waals surface area contributed by atoms with E-state index in [4.69, 9.17) is 33.4 Å². The number of benzene rings is 1. The molecule has 0 aliphatic carbocycles. The third kappa shape index (κ3) is 4.90. The van der Waals surface area contributed by atoms with Crippen LogP contribution in [-0.2, 0) is 9.59 Å². The van der Waals surface area contributed by atoms with Crippen LogP contribution in [0.2, 0.25) is 10.0 Å². The van der Waals surface area contributed by atoms with Crippen LogP contribution in [0.15, 0.2) is 24.3 Å². The van der Waals surface area contributed by atoms with E-state index in [2.05, 4.69) is 5.32 Å². The Bertz CT molecular complexity index is 516. The highest BCUT2D eigenvalue weighted by Gasteiger charge is 2.16. The van der Waals surface area contributed by atoms with Crippen LogP contribution in [0, 0.1) is 0 Å². The molecule has 0 fully saturated rings. The highest BCUT2D eigenvalue weighted by Crippen LogP contribution is 2.22. The summed E-state index contributed by atoms with van der Waals surface area (Å²) in [4.78, 5) is 22.0. The smallest absolute Gasteiger partial charge is 0.328 e. The van der Waals surface area contributed by atoms with Crippen molar-refractivity contribution in [1.29, 1.82) is 0 Å². The van der Waals surface area contributed by atoms with E-state index in [0.717, 1.165) is 6.08 Å². The molecule has 1 amide bonds. The van der Waals surface area contributed by atoms with E-state index in [-0.39, 0.29) is 0 Å². The quantitative estimate of drug-likeness (QED) is 0.721. The summed E-state index contributed by atoms with van der Waals surface area (Å²) in [6.07, 6.45) is 2.60. The van der Waals surface area contributed by atoms with Gasteiger partial charge in [-0.1, -0.05) is 29.3 Å². The molecule has 3 N–H and O–H groups in total. The summed E-state index contributed by atoms with van der Waals surface area (Å²) < 4.78 is 0. The lowest BCUT2D eigenvalue weighted by Crippen LogP contribution is -2.42. The van der Waals surface area contributed by atoms with E-state index in [0.29, 0.717) is 15.6 Å². The number of halogens is 2. The van der Waals surface area contributed by atoms with Crippen LogP contribution in [0.5, 0.6) is 0 Å². The van der Waals surface area contributed by atoms with Crippen LogP contribution in [0.4, 0.5) is 0 Å². The van der Waals surface area contributed by atoms with Crippen molar-refractivity contribution in [2.45, 2.75) is 6.04 Å². The number of hydrogen-bond donors (Lipinski definition) is 3. The molecule has 7 heteroatoms. The van der Waals surface area contributed by atoms with Crippen LogP contribution in [0.3, 0.4) is 0 Å². The summed E-state index contributed by atoms with van der Waals surface area (Å²) in [5.41, 5.74) is 0.639. The van der Waals surface area contributed by atoms with Gasteiger partial charge < -0.3 is 15.5 Å². The van der Waals surface area contributed by atoms with E-state index >= 15 is 0 Å². The first kappa shape index (κ1) is 15.5. The predicted octanol–water partition coefficient (Wildman–Crippen LogP) is 1.57. The van der Waals surface area contributed by atoms with Gasteiger partial charge in [0, 0.05) is 6.08 Å². The van der Waals surface area contributed by atoms with E-state index < -0.39 is 24.5 Å². The minimum atomic E-state index is -1.33. The van der Waals surface area contributed by atoms with Gasteiger partial charge in [0.15, 0.2) is 6.04 Å². The summed E-state index contributed by atoms with van der Waals surface area (Å²) >= 11 is 11.5. The minimum absolute atomic E-state index is 0.350. The molecular formula is C12H11Cl2NO4. The molecule has 1 rings (SSSR count). The van der Waals surface area contributed by atoms with Crippen LogP contribution < -0.4 is 5.32 Å². The lowest BCUT2D eigenvalue weighted by Gasteiger charge is -2.09. The van der Waals surface area contributed by atoms with Gasteiger partial charge >= 0.3 is 5.97 Å². The van der Waals surface area contributed by atoms with Gasteiger partial charge in [-0.3, -0.25) is 4.79 Å². The summed E-state index contributed by atoms with van der Waals surface area (Å²) in [6.45, 7) is -0.679. The number of nitrogens with one attached hydrogen (secondary N) is 1. The monoisotopic (exact) mass is 303 g/mol. The SMILES string of the molecule is O=C(/C=C/c1ccc(Cl)c(Cl)c1)NC(CO)C(=O)O. The van der Waals surface area contributed by atoms with Crippen LogP contribution >= 0.6 is 23.2 Å². The highest BCUT2D eigenvalue weighted by atomic mass is 35.5. The second-order valence-corrected chi connectivity index (χ2v) is 4.40. The fourth-order valence-electron chi connectivity index (χ4n) is 1.19. The Kier molecular flexibility index (Phi) is 5.82.